The van der Waals surface area contributed by atoms with Crippen LogP contribution < -0.4 is 4.74 Å². The molecule has 1 N–H and O–H groups in total. The van der Waals surface area contributed by atoms with E-state index in [1.807, 2.05) is 46.0 Å². The number of aromatic nitrogens is 2. The highest BCUT2D eigenvalue weighted by molar-refractivity contribution is 5.86. The first kappa shape index (κ1) is 23.5. The molecule has 0 amide bonds. The number of nitrogens with zero attached hydrogens (tertiary/aromatic N) is 2. The number of esters is 1. The van der Waals surface area contributed by atoms with Crippen LogP contribution in [-0.4, -0.2) is 46.3 Å². The number of benzene rings is 1. The average Bonchev–Trinajstić information content (AvgIpc) is 3.13. The molecule has 1 aliphatic heterocycles. The molecule has 2 aliphatic rings. The molecular formula is C26H34N2O5. The maximum Gasteiger partial charge on any atom is 0.341 e. The molecule has 1 aromatic carbocycles. The van der Waals surface area contributed by atoms with Crippen molar-refractivity contribution in [2.24, 2.45) is 7.05 Å². The number of allylic oxidation sites excluding steroid dienone is 1. The number of aliphatic hydroxyl groups excluding tert-OH is 1. The Labute approximate surface area is 195 Å². The molecule has 1 aromatic heterocycles. The standard InChI is InChI=1S/C26H34N2O5/c1-26(2,3)33-24(25(30)31-5)23-21(17-11-12-20-16(14-17)9-7-13-32-20)22(27-28(23)4)18-8-6-10-19(29)15-18/h11-12,14-15,19,24,29H,6-10,13H2,1-5H3. The third-order valence-electron chi connectivity index (χ3n) is 6.07. The number of ether oxygens (including phenoxy) is 3. The molecule has 2 heterocycles. The van der Waals surface area contributed by atoms with Gasteiger partial charge in [-0.15, -0.1) is 0 Å². The van der Waals surface area contributed by atoms with Crippen LogP contribution in [0, 0.1) is 0 Å². The minimum atomic E-state index is -0.947. The summed E-state index contributed by atoms with van der Waals surface area (Å²) in [6.45, 7) is 6.47. The van der Waals surface area contributed by atoms with Crippen LogP contribution in [0.4, 0.5) is 0 Å². The van der Waals surface area contributed by atoms with Crippen LogP contribution in [0.25, 0.3) is 16.7 Å². The summed E-state index contributed by atoms with van der Waals surface area (Å²) in [5.74, 6) is 0.430. The quantitative estimate of drug-likeness (QED) is 0.676. The highest BCUT2D eigenvalue weighted by Crippen LogP contribution is 2.42. The zero-order chi connectivity index (χ0) is 23.8. The minimum absolute atomic E-state index is 0.473. The fraction of sp³-hybridized carbons (Fsp3) is 0.538. The Morgan fingerprint density at radius 3 is 2.76 bits per heavy atom. The van der Waals surface area contributed by atoms with Gasteiger partial charge in [0.25, 0.3) is 0 Å². The van der Waals surface area contributed by atoms with Crippen LogP contribution in [0.15, 0.2) is 24.3 Å². The number of hydrogen-bond donors (Lipinski definition) is 1. The number of carbonyl (C=O) groups is 1. The molecule has 7 nitrogen and oxygen atoms in total. The summed E-state index contributed by atoms with van der Waals surface area (Å²) in [6.07, 6.45) is 4.80. The summed E-state index contributed by atoms with van der Waals surface area (Å²) >= 11 is 0. The summed E-state index contributed by atoms with van der Waals surface area (Å²) in [7, 11) is 3.19. The number of aliphatic hydroxyl groups is 1. The largest absolute Gasteiger partial charge is 0.493 e. The topological polar surface area (TPSA) is 82.8 Å². The van der Waals surface area contributed by atoms with Crippen molar-refractivity contribution in [3.63, 3.8) is 0 Å². The second-order valence-electron chi connectivity index (χ2n) is 9.79. The third-order valence-corrected chi connectivity index (χ3v) is 6.07. The Bertz CT molecular complexity index is 1060. The van der Waals surface area contributed by atoms with Crippen molar-refractivity contribution in [1.29, 1.82) is 0 Å². The molecule has 4 rings (SSSR count). The zero-order valence-electron chi connectivity index (χ0n) is 20.2. The lowest BCUT2D eigenvalue weighted by Crippen LogP contribution is -2.29. The molecule has 0 fully saturated rings. The van der Waals surface area contributed by atoms with Gasteiger partial charge in [0.2, 0.25) is 0 Å². The van der Waals surface area contributed by atoms with E-state index in [1.165, 1.54) is 7.11 Å². The van der Waals surface area contributed by atoms with Gasteiger partial charge in [0.1, 0.15) is 5.75 Å². The number of rotatable bonds is 5. The highest BCUT2D eigenvalue weighted by atomic mass is 16.6. The van der Waals surface area contributed by atoms with Crippen molar-refractivity contribution >= 4 is 11.5 Å². The molecule has 7 heteroatoms. The summed E-state index contributed by atoms with van der Waals surface area (Å²) in [4.78, 5) is 12.9. The minimum Gasteiger partial charge on any atom is -0.493 e. The first-order chi connectivity index (χ1) is 15.7. The maximum atomic E-state index is 12.9. The van der Waals surface area contributed by atoms with E-state index >= 15 is 0 Å². The van der Waals surface area contributed by atoms with Crippen LogP contribution >= 0.6 is 0 Å². The Balaban J connectivity index is 1.94. The fourth-order valence-corrected chi connectivity index (χ4v) is 4.64. The van der Waals surface area contributed by atoms with Crippen LogP contribution in [0.5, 0.6) is 5.75 Å². The molecule has 2 aromatic rings. The number of hydrogen-bond acceptors (Lipinski definition) is 6. The van der Waals surface area contributed by atoms with Crippen molar-refractivity contribution in [1.82, 2.24) is 9.78 Å². The number of methoxy groups -OCH3 is 1. The molecule has 1 aliphatic carbocycles. The monoisotopic (exact) mass is 454 g/mol. The zero-order valence-corrected chi connectivity index (χ0v) is 20.2. The second kappa shape index (κ2) is 9.31. The Kier molecular flexibility index (Phi) is 6.64. The first-order valence-corrected chi connectivity index (χ1v) is 11.7. The van der Waals surface area contributed by atoms with Gasteiger partial charge >= 0.3 is 5.97 Å². The predicted octanol–water partition coefficient (Wildman–Crippen LogP) is 4.37. The van der Waals surface area contributed by atoms with Crippen LogP contribution in [0.1, 0.15) is 69.5 Å². The van der Waals surface area contributed by atoms with Crippen molar-refractivity contribution in [3.8, 4) is 16.9 Å². The van der Waals surface area contributed by atoms with E-state index in [4.69, 9.17) is 19.3 Å². The summed E-state index contributed by atoms with van der Waals surface area (Å²) in [6, 6.07) is 6.13. The molecule has 0 spiro atoms. The first-order valence-electron chi connectivity index (χ1n) is 11.7. The van der Waals surface area contributed by atoms with Crippen molar-refractivity contribution in [3.05, 3.63) is 41.2 Å². The lowest BCUT2D eigenvalue weighted by atomic mass is 9.89. The number of carbonyl (C=O) groups excluding carboxylic acids is 1. The summed E-state index contributed by atoms with van der Waals surface area (Å²) < 4.78 is 18.9. The maximum absolute atomic E-state index is 12.9. The lowest BCUT2D eigenvalue weighted by Gasteiger charge is -2.27. The second-order valence-corrected chi connectivity index (χ2v) is 9.79. The van der Waals surface area contributed by atoms with Gasteiger partial charge in [0.15, 0.2) is 6.10 Å². The van der Waals surface area contributed by atoms with Gasteiger partial charge in [0, 0.05) is 12.6 Å². The molecule has 33 heavy (non-hydrogen) atoms. The molecular weight excluding hydrogens is 420 g/mol. The Hall–Kier alpha value is -2.64. The highest BCUT2D eigenvalue weighted by Gasteiger charge is 2.36. The van der Waals surface area contributed by atoms with Crippen LogP contribution in [0.3, 0.4) is 0 Å². The summed E-state index contributed by atoms with van der Waals surface area (Å²) in [5, 5.41) is 15.1. The van der Waals surface area contributed by atoms with E-state index in [9.17, 15) is 9.90 Å². The van der Waals surface area contributed by atoms with E-state index in [1.54, 1.807) is 4.68 Å². The molecule has 178 valence electrons. The van der Waals surface area contributed by atoms with Crippen LogP contribution in [-0.2, 0) is 27.7 Å². The molecule has 0 saturated carbocycles. The number of aryl methyl sites for hydroxylation is 2. The van der Waals surface area contributed by atoms with E-state index in [2.05, 4.69) is 6.07 Å². The fourth-order valence-electron chi connectivity index (χ4n) is 4.64. The lowest BCUT2D eigenvalue weighted by molar-refractivity contribution is -0.165. The molecule has 2 unspecified atom stereocenters. The van der Waals surface area contributed by atoms with Crippen LogP contribution in [0.2, 0.25) is 0 Å². The molecule has 0 bridgehead atoms. The predicted molar refractivity (Wildman–Crippen MR) is 126 cm³/mol. The normalized spacial score (nSPS) is 19.3. The molecule has 2 atom stereocenters. The van der Waals surface area contributed by atoms with E-state index in [0.29, 0.717) is 5.69 Å². The third kappa shape index (κ3) is 4.99. The van der Waals surface area contributed by atoms with Crippen molar-refractivity contribution < 1.29 is 24.1 Å². The van der Waals surface area contributed by atoms with Gasteiger partial charge in [-0.05, 0) is 81.7 Å². The molecule has 0 saturated heterocycles. The van der Waals surface area contributed by atoms with Gasteiger partial charge in [-0.1, -0.05) is 12.1 Å². The van der Waals surface area contributed by atoms with Gasteiger partial charge in [-0.25, -0.2) is 4.79 Å². The van der Waals surface area contributed by atoms with E-state index < -0.39 is 23.8 Å². The van der Waals surface area contributed by atoms with E-state index in [0.717, 1.165) is 72.4 Å². The number of fused-ring (bicyclic) bond motifs is 1. The Morgan fingerprint density at radius 1 is 1.27 bits per heavy atom. The Morgan fingerprint density at radius 2 is 2.06 bits per heavy atom. The van der Waals surface area contributed by atoms with Gasteiger partial charge in [0.05, 0.1) is 36.8 Å². The van der Waals surface area contributed by atoms with Gasteiger partial charge in [-0.3, -0.25) is 4.68 Å². The smallest absolute Gasteiger partial charge is 0.341 e. The van der Waals surface area contributed by atoms with Gasteiger partial charge in [-0.2, -0.15) is 5.10 Å². The van der Waals surface area contributed by atoms with Crippen molar-refractivity contribution in [2.75, 3.05) is 13.7 Å². The average molecular weight is 455 g/mol. The molecule has 0 radical (unpaired) electrons. The van der Waals surface area contributed by atoms with E-state index in [-0.39, 0.29) is 0 Å². The van der Waals surface area contributed by atoms with Crippen molar-refractivity contribution in [2.45, 2.75) is 70.7 Å². The summed E-state index contributed by atoms with van der Waals surface area (Å²) in [5.41, 5.74) is 4.75. The van der Waals surface area contributed by atoms with Gasteiger partial charge < -0.3 is 19.3 Å². The SMILES string of the molecule is COC(=O)C(OC(C)(C)C)c1c(-c2ccc3c(c2)CCCO3)c(C2=CC(O)CCC2)nn1C.